The molecule has 0 aromatic carbocycles. The van der Waals surface area contributed by atoms with E-state index in [0.717, 1.165) is 6.42 Å². The number of aliphatic hydroxyl groups is 1. The highest BCUT2D eigenvalue weighted by Crippen LogP contribution is 2.15. The predicted molar refractivity (Wildman–Crippen MR) is 77.1 cm³/mol. The van der Waals surface area contributed by atoms with Crippen molar-refractivity contribution in [3.63, 3.8) is 0 Å². The maximum Gasteiger partial charge on any atom is 0.244 e. The summed E-state index contributed by atoms with van der Waals surface area (Å²) in [4.78, 5) is 25.2. The van der Waals surface area contributed by atoms with Gasteiger partial charge in [0.15, 0.2) is 0 Å². The van der Waals surface area contributed by atoms with Gasteiger partial charge in [0, 0.05) is 44.7 Å². The van der Waals surface area contributed by atoms with E-state index in [9.17, 15) is 9.59 Å². The average molecular weight is 292 g/mol. The molecular formula is C15H20N2O4. The molecule has 2 heterocycles. The molecule has 2 N–H and O–H groups in total. The Kier molecular flexibility index (Phi) is 5.57. The van der Waals surface area contributed by atoms with Gasteiger partial charge in [-0.1, -0.05) is 0 Å². The molecule has 0 spiro atoms. The molecule has 1 aliphatic heterocycles. The van der Waals surface area contributed by atoms with Crippen molar-refractivity contribution in [2.45, 2.75) is 12.8 Å². The summed E-state index contributed by atoms with van der Waals surface area (Å²) in [6, 6.07) is 3.49. The summed E-state index contributed by atoms with van der Waals surface area (Å²) in [5.74, 6) is 0.559. The molecule has 2 amide bonds. The number of hydrogen-bond acceptors (Lipinski definition) is 4. The van der Waals surface area contributed by atoms with Crippen molar-refractivity contribution in [1.29, 1.82) is 0 Å². The molecule has 21 heavy (non-hydrogen) atoms. The number of carbonyl (C=O) groups is 2. The van der Waals surface area contributed by atoms with Crippen molar-refractivity contribution in [1.82, 2.24) is 10.2 Å². The van der Waals surface area contributed by atoms with Gasteiger partial charge in [-0.3, -0.25) is 9.59 Å². The van der Waals surface area contributed by atoms with Crippen LogP contribution in [-0.2, 0) is 9.59 Å². The molecule has 0 saturated carbocycles. The summed E-state index contributed by atoms with van der Waals surface area (Å²) in [6.07, 6.45) is 5.61. The number of nitrogens with zero attached hydrogens (tertiary/aromatic N) is 1. The van der Waals surface area contributed by atoms with E-state index in [1.807, 2.05) is 0 Å². The topological polar surface area (TPSA) is 82.8 Å². The van der Waals surface area contributed by atoms with Gasteiger partial charge in [0.25, 0.3) is 0 Å². The number of hydrogen-bond donors (Lipinski definition) is 2. The van der Waals surface area contributed by atoms with E-state index in [-0.39, 0.29) is 30.8 Å². The average Bonchev–Trinajstić information content (AvgIpc) is 3.16. The lowest BCUT2D eigenvalue weighted by atomic mass is 10.1. The molecule has 0 radical (unpaired) electrons. The van der Waals surface area contributed by atoms with Crippen LogP contribution in [-0.4, -0.2) is 48.1 Å². The van der Waals surface area contributed by atoms with Gasteiger partial charge in [-0.15, -0.1) is 0 Å². The Morgan fingerprint density at radius 1 is 1.52 bits per heavy atom. The summed E-state index contributed by atoms with van der Waals surface area (Å²) in [6.45, 7) is 1.73. The molecule has 1 aliphatic rings. The summed E-state index contributed by atoms with van der Waals surface area (Å²) in [7, 11) is 0. The lowest BCUT2D eigenvalue weighted by Crippen LogP contribution is -2.33. The van der Waals surface area contributed by atoms with Crippen LogP contribution in [0.3, 0.4) is 0 Å². The summed E-state index contributed by atoms with van der Waals surface area (Å²) >= 11 is 0. The summed E-state index contributed by atoms with van der Waals surface area (Å²) in [5, 5.41) is 11.7. The SMILES string of the molecule is O=C(/C=C/c1ccco1)NCCC(=O)N1CCC(CO)C1. The fourth-order valence-electron chi connectivity index (χ4n) is 2.26. The third-order valence-corrected chi connectivity index (χ3v) is 3.48. The lowest BCUT2D eigenvalue weighted by Gasteiger charge is -2.16. The summed E-state index contributed by atoms with van der Waals surface area (Å²) in [5.41, 5.74) is 0. The second-order valence-electron chi connectivity index (χ2n) is 5.07. The maximum absolute atomic E-state index is 11.9. The van der Waals surface area contributed by atoms with E-state index in [0.29, 0.717) is 25.4 Å². The number of carbonyl (C=O) groups excluding carboxylic acids is 2. The smallest absolute Gasteiger partial charge is 0.244 e. The van der Waals surface area contributed by atoms with Gasteiger partial charge in [-0.25, -0.2) is 0 Å². The van der Waals surface area contributed by atoms with Gasteiger partial charge in [0.05, 0.1) is 6.26 Å². The Morgan fingerprint density at radius 3 is 3.05 bits per heavy atom. The molecule has 1 aromatic rings. The van der Waals surface area contributed by atoms with Crippen molar-refractivity contribution in [3.05, 3.63) is 30.2 Å². The highest BCUT2D eigenvalue weighted by molar-refractivity contribution is 5.91. The van der Waals surface area contributed by atoms with Crippen molar-refractivity contribution in [2.75, 3.05) is 26.2 Å². The maximum atomic E-state index is 11.9. The second kappa shape index (κ2) is 7.64. The third-order valence-electron chi connectivity index (χ3n) is 3.48. The molecular weight excluding hydrogens is 272 g/mol. The largest absolute Gasteiger partial charge is 0.465 e. The van der Waals surface area contributed by atoms with Crippen molar-refractivity contribution >= 4 is 17.9 Å². The van der Waals surface area contributed by atoms with E-state index in [2.05, 4.69) is 5.32 Å². The number of furan rings is 1. The second-order valence-corrected chi connectivity index (χ2v) is 5.07. The van der Waals surface area contributed by atoms with Gasteiger partial charge in [-0.2, -0.15) is 0 Å². The molecule has 1 atom stereocenters. The van der Waals surface area contributed by atoms with Crippen molar-refractivity contribution in [3.8, 4) is 0 Å². The zero-order chi connectivity index (χ0) is 15.1. The van der Waals surface area contributed by atoms with Crippen LogP contribution in [0.2, 0.25) is 0 Å². The molecule has 0 bridgehead atoms. The molecule has 2 rings (SSSR count). The number of amides is 2. The zero-order valence-electron chi connectivity index (χ0n) is 11.8. The van der Waals surface area contributed by atoms with E-state index in [4.69, 9.17) is 9.52 Å². The molecule has 6 nitrogen and oxygen atoms in total. The monoisotopic (exact) mass is 292 g/mol. The van der Waals surface area contributed by atoms with Crippen LogP contribution in [0.25, 0.3) is 6.08 Å². The van der Waals surface area contributed by atoms with Crippen LogP contribution in [0.15, 0.2) is 28.9 Å². The van der Waals surface area contributed by atoms with E-state index in [1.165, 1.54) is 12.3 Å². The van der Waals surface area contributed by atoms with Gasteiger partial charge in [-0.05, 0) is 24.6 Å². The fourth-order valence-corrected chi connectivity index (χ4v) is 2.26. The Bertz CT molecular complexity index is 496. The number of aliphatic hydroxyl groups excluding tert-OH is 1. The molecule has 6 heteroatoms. The molecule has 1 saturated heterocycles. The fraction of sp³-hybridized carbons (Fsp3) is 0.467. The quantitative estimate of drug-likeness (QED) is 0.754. The zero-order valence-corrected chi connectivity index (χ0v) is 11.8. The van der Waals surface area contributed by atoms with Gasteiger partial charge >= 0.3 is 0 Å². The normalized spacial score (nSPS) is 18.3. The lowest BCUT2D eigenvalue weighted by molar-refractivity contribution is -0.130. The first kappa shape index (κ1) is 15.3. The molecule has 0 aliphatic carbocycles. The van der Waals surface area contributed by atoms with Crippen LogP contribution in [0, 0.1) is 5.92 Å². The number of likely N-dealkylation sites (tertiary alicyclic amines) is 1. The number of rotatable bonds is 6. The van der Waals surface area contributed by atoms with Crippen LogP contribution in [0.1, 0.15) is 18.6 Å². The third kappa shape index (κ3) is 4.75. The Balaban J connectivity index is 1.65. The highest BCUT2D eigenvalue weighted by Gasteiger charge is 2.25. The van der Waals surface area contributed by atoms with Gasteiger partial charge in [0.1, 0.15) is 5.76 Å². The van der Waals surface area contributed by atoms with Crippen molar-refractivity contribution < 1.29 is 19.1 Å². The first-order chi connectivity index (χ1) is 10.2. The first-order valence-electron chi connectivity index (χ1n) is 7.07. The van der Waals surface area contributed by atoms with Crippen LogP contribution in [0.5, 0.6) is 0 Å². The van der Waals surface area contributed by atoms with Crippen LogP contribution < -0.4 is 5.32 Å². The van der Waals surface area contributed by atoms with E-state index >= 15 is 0 Å². The Hall–Kier alpha value is -2.08. The van der Waals surface area contributed by atoms with Crippen LogP contribution >= 0.6 is 0 Å². The van der Waals surface area contributed by atoms with E-state index in [1.54, 1.807) is 23.1 Å². The minimum Gasteiger partial charge on any atom is -0.465 e. The minimum atomic E-state index is -0.256. The number of nitrogens with one attached hydrogen (secondary N) is 1. The molecule has 114 valence electrons. The predicted octanol–water partition coefficient (Wildman–Crippen LogP) is 0.640. The first-order valence-corrected chi connectivity index (χ1v) is 7.07. The van der Waals surface area contributed by atoms with Gasteiger partial charge in [0.2, 0.25) is 11.8 Å². The Morgan fingerprint density at radius 2 is 2.38 bits per heavy atom. The van der Waals surface area contributed by atoms with Crippen LogP contribution in [0.4, 0.5) is 0 Å². The van der Waals surface area contributed by atoms with Gasteiger partial charge < -0.3 is 19.7 Å². The van der Waals surface area contributed by atoms with E-state index < -0.39 is 0 Å². The molecule has 1 fully saturated rings. The molecule has 1 aromatic heterocycles. The summed E-state index contributed by atoms with van der Waals surface area (Å²) < 4.78 is 5.07. The standard InChI is InChI=1S/C15H20N2O4/c18-11-12-6-8-17(10-12)15(20)5-7-16-14(19)4-3-13-2-1-9-21-13/h1-4,9,12,18H,5-8,10-11H2,(H,16,19)/b4-3+. The molecule has 1 unspecified atom stereocenters. The highest BCUT2D eigenvalue weighted by atomic mass is 16.3. The Labute approximate surface area is 123 Å². The minimum absolute atomic E-state index is 0.0151. The van der Waals surface area contributed by atoms with Crippen molar-refractivity contribution in [2.24, 2.45) is 5.92 Å².